The predicted octanol–water partition coefficient (Wildman–Crippen LogP) is 5.22. The number of aromatic nitrogens is 1. The van der Waals surface area contributed by atoms with Gasteiger partial charge >= 0.3 is 0 Å². The molecule has 3 nitrogen and oxygen atoms in total. The Morgan fingerprint density at radius 3 is 2.87 bits per heavy atom. The molecule has 3 rings (SSSR count). The van der Waals surface area contributed by atoms with Crippen LogP contribution in [0.15, 0.2) is 42.7 Å². The minimum absolute atomic E-state index is 0.0353. The fourth-order valence-corrected chi connectivity index (χ4v) is 3.03. The molecule has 2 atom stereocenters. The smallest absolute Gasteiger partial charge is 0.158 e. The van der Waals surface area contributed by atoms with Crippen molar-refractivity contribution < 1.29 is 9.47 Å². The summed E-state index contributed by atoms with van der Waals surface area (Å²) >= 11 is 12.0. The van der Waals surface area contributed by atoms with E-state index in [4.69, 9.17) is 32.7 Å². The molecule has 1 fully saturated rings. The third-order valence-corrected chi connectivity index (χ3v) is 4.67. The molecule has 1 aromatic carbocycles. The van der Waals surface area contributed by atoms with Gasteiger partial charge in [0.15, 0.2) is 6.29 Å². The number of aryl methyl sites for hydroxylation is 1. The fraction of sp³-hybridized carbons (Fsp3) is 0.389. The Hall–Kier alpha value is -1.13. The molecule has 0 N–H and O–H groups in total. The Kier molecular flexibility index (Phi) is 5.90. The molecular formula is C18H19Cl2NO2. The van der Waals surface area contributed by atoms with Crippen molar-refractivity contribution in [1.82, 2.24) is 4.98 Å². The normalized spacial score (nSPS) is 20.8. The van der Waals surface area contributed by atoms with Gasteiger partial charge < -0.3 is 9.47 Å². The number of nitrogens with zero attached hydrogens (tertiary/aromatic N) is 1. The number of rotatable bonds is 6. The minimum Gasteiger partial charge on any atom is -0.353 e. The molecule has 0 radical (unpaired) electrons. The van der Waals surface area contributed by atoms with E-state index in [-0.39, 0.29) is 12.4 Å². The fourth-order valence-electron chi connectivity index (χ4n) is 2.72. The molecule has 122 valence electrons. The highest BCUT2D eigenvalue weighted by Gasteiger charge is 2.27. The lowest BCUT2D eigenvalue weighted by molar-refractivity contribution is -0.135. The van der Waals surface area contributed by atoms with E-state index in [1.807, 2.05) is 30.5 Å². The maximum atomic E-state index is 6.07. The summed E-state index contributed by atoms with van der Waals surface area (Å²) in [6.07, 6.45) is 7.35. The Bertz CT molecular complexity index is 636. The summed E-state index contributed by atoms with van der Waals surface area (Å²) in [7, 11) is 0. The van der Waals surface area contributed by atoms with Crippen molar-refractivity contribution in [2.75, 3.05) is 6.61 Å². The van der Waals surface area contributed by atoms with Crippen molar-refractivity contribution in [3.05, 3.63) is 63.9 Å². The highest BCUT2D eigenvalue weighted by molar-refractivity contribution is 6.42. The molecule has 0 amide bonds. The molecule has 1 aliphatic rings. The summed E-state index contributed by atoms with van der Waals surface area (Å²) in [6.45, 7) is 0.688. The molecule has 2 aromatic rings. The van der Waals surface area contributed by atoms with Gasteiger partial charge in [-0.25, -0.2) is 0 Å². The molecule has 1 aliphatic heterocycles. The maximum absolute atomic E-state index is 6.07. The number of halogens is 2. The minimum atomic E-state index is -0.136. The van der Waals surface area contributed by atoms with Crippen molar-refractivity contribution in [2.45, 2.75) is 38.1 Å². The number of hydrogen-bond acceptors (Lipinski definition) is 3. The van der Waals surface area contributed by atoms with Crippen LogP contribution in [-0.4, -0.2) is 17.9 Å². The molecule has 0 unspecified atom stereocenters. The van der Waals surface area contributed by atoms with Crippen LogP contribution < -0.4 is 0 Å². The zero-order valence-electron chi connectivity index (χ0n) is 12.8. The SMILES string of the molecule is Clc1ccc([C@@H]2CC[C@@H](OCCCc3cccnc3)O2)cc1Cl. The topological polar surface area (TPSA) is 31.4 Å². The van der Waals surface area contributed by atoms with E-state index >= 15 is 0 Å². The second-order valence-electron chi connectivity index (χ2n) is 5.64. The summed E-state index contributed by atoms with van der Waals surface area (Å²) < 4.78 is 11.8. The molecular weight excluding hydrogens is 333 g/mol. The largest absolute Gasteiger partial charge is 0.353 e. The molecule has 5 heteroatoms. The lowest BCUT2D eigenvalue weighted by Crippen LogP contribution is -2.13. The first-order valence-electron chi connectivity index (χ1n) is 7.83. The van der Waals surface area contributed by atoms with Gasteiger partial charge in [-0.15, -0.1) is 0 Å². The van der Waals surface area contributed by atoms with Gasteiger partial charge in [-0.2, -0.15) is 0 Å². The summed E-state index contributed by atoms with van der Waals surface area (Å²) in [6, 6.07) is 9.69. The number of benzene rings is 1. The van der Waals surface area contributed by atoms with Crippen molar-refractivity contribution in [1.29, 1.82) is 0 Å². The van der Waals surface area contributed by atoms with Gasteiger partial charge in [-0.3, -0.25) is 4.98 Å². The van der Waals surface area contributed by atoms with Crippen LogP contribution in [0.5, 0.6) is 0 Å². The van der Waals surface area contributed by atoms with E-state index in [9.17, 15) is 0 Å². The zero-order chi connectivity index (χ0) is 16.1. The van der Waals surface area contributed by atoms with E-state index in [0.717, 1.165) is 31.2 Å². The van der Waals surface area contributed by atoms with Gasteiger partial charge in [-0.1, -0.05) is 35.3 Å². The van der Waals surface area contributed by atoms with Crippen LogP contribution in [0.3, 0.4) is 0 Å². The molecule has 2 heterocycles. The Morgan fingerprint density at radius 2 is 2.09 bits per heavy atom. The van der Waals surface area contributed by atoms with Crippen LogP contribution in [0.1, 0.15) is 36.5 Å². The lowest BCUT2D eigenvalue weighted by Gasteiger charge is -2.15. The van der Waals surface area contributed by atoms with Crippen LogP contribution >= 0.6 is 23.2 Å². The third-order valence-electron chi connectivity index (χ3n) is 3.93. The summed E-state index contributed by atoms with van der Waals surface area (Å²) in [5.41, 5.74) is 2.29. The molecule has 0 saturated carbocycles. The molecule has 1 saturated heterocycles. The van der Waals surface area contributed by atoms with Gasteiger partial charge in [0.1, 0.15) is 0 Å². The summed E-state index contributed by atoms with van der Waals surface area (Å²) in [4.78, 5) is 4.11. The number of ether oxygens (including phenoxy) is 2. The maximum Gasteiger partial charge on any atom is 0.158 e. The average Bonchev–Trinajstić information content (AvgIpc) is 3.04. The van der Waals surface area contributed by atoms with Crippen LogP contribution in [0.4, 0.5) is 0 Å². The van der Waals surface area contributed by atoms with Gasteiger partial charge in [-0.05, 0) is 48.6 Å². The average molecular weight is 352 g/mol. The second-order valence-corrected chi connectivity index (χ2v) is 6.46. The van der Waals surface area contributed by atoms with Crippen LogP contribution in [-0.2, 0) is 15.9 Å². The van der Waals surface area contributed by atoms with E-state index in [0.29, 0.717) is 16.7 Å². The monoisotopic (exact) mass is 351 g/mol. The highest BCUT2D eigenvalue weighted by Crippen LogP contribution is 2.35. The van der Waals surface area contributed by atoms with Gasteiger partial charge in [0.25, 0.3) is 0 Å². The van der Waals surface area contributed by atoms with Crippen molar-refractivity contribution in [2.24, 2.45) is 0 Å². The Morgan fingerprint density at radius 1 is 1.17 bits per heavy atom. The Balaban J connectivity index is 1.42. The van der Waals surface area contributed by atoms with E-state index < -0.39 is 0 Å². The van der Waals surface area contributed by atoms with Crippen LogP contribution in [0.2, 0.25) is 10.0 Å². The molecule has 1 aromatic heterocycles. The lowest BCUT2D eigenvalue weighted by atomic mass is 10.1. The number of hydrogen-bond donors (Lipinski definition) is 0. The van der Waals surface area contributed by atoms with Crippen LogP contribution in [0.25, 0.3) is 0 Å². The third kappa shape index (κ3) is 4.67. The van der Waals surface area contributed by atoms with E-state index in [1.165, 1.54) is 5.56 Å². The Labute approximate surface area is 146 Å². The first-order chi connectivity index (χ1) is 11.2. The zero-order valence-corrected chi connectivity index (χ0v) is 14.3. The standard InChI is InChI=1S/C18H19Cl2NO2/c19-15-6-5-14(11-16(15)20)17-7-8-18(23-17)22-10-2-4-13-3-1-9-21-12-13/h1,3,5-6,9,11-12,17-18H,2,4,7-8,10H2/t17-,18-/m0/s1. The summed E-state index contributed by atoms with van der Waals surface area (Å²) in [5, 5.41) is 1.13. The quantitative estimate of drug-likeness (QED) is 0.669. The molecule has 23 heavy (non-hydrogen) atoms. The first kappa shape index (κ1) is 16.7. The van der Waals surface area contributed by atoms with E-state index in [1.54, 1.807) is 6.20 Å². The highest BCUT2D eigenvalue weighted by atomic mass is 35.5. The van der Waals surface area contributed by atoms with Crippen molar-refractivity contribution in [3.63, 3.8) is 0 Å². The van der Waals surface area contributed by atoms with Gasteiger partial charge in [0.2, 0.25) is 0 Å². The molecule has 0 spiro atoms. The predicted molar refractivity (Wildman–Crippen MR) is 91.8 cm³/mol. The molecule has 0 aliphatic carbocycles. The van der Waals surface area contributed by atoms with Gasteiger partial charge in [0, 0.05) is 18.8 Å². The van der Waals surface area contributed by atoms with Crippen LogP contribution in [0, 0.1) is 0 Å². The van der Waals surface area contributed by atoms with Crippen molar-refractivity contribution in [3.8, 4) is 0 Å². The second kappa shape index (κ2) is 8.11. The first-order valence-corrected chi connectivity index (χ1v) is 8.59. The summed E-state index contributed by atoms with van der Waals surface area (Å²) in [5.74, 6) is 0. The van der Waals surface area contributed by atoms with Gasteiger partial charge in [0.05, 0.1) is 22.8 Å². The number of pyridine rings is 1. The van der Waals surface area contributed by atoms with E-state index in [2.05, 4.69) is 11.1 Å². The molecule has 0 bridgehead atoms. The van der Waals surface area contributed by atoms with Crippen molar-refractivity contribution >= 4 is 23.2 Å².